The summed E-state index contributed by atoms with van der Waals surface area (Å²) in [5.41, 5.74) is 3.83. The number of nitrogens with zero attached hydrogens (tertiary/aromatic N) is 2. The third-order valence-electron chi connectivity index (χ3n) is 3.82. The van der Waals surface area contributed by atoms with Crippen molar-refractivity contribution < 1.29 is 0 Å². The highest BCUT2D eigenvalue weighted by atomic mass is 15.3. The SMILES string of the molecule is CN(C)c1ccc(C2NCCN2c2ccccc2)cc1. The summed E-state index contributed by atoms with van der Waals surface area (Å²) < 4.78 is 0. The molecule has 3 rings (SSSR count). The zero-order valence-electron chi connectivity index (χ0n) is 12.1. The van der Waals surface area contributed by atoms with E-state index in [9.17, 15) is 0 Å². The second-order valence-electron chi connectivity index (χ2n) is 5.37. The van der Waals surface area contributed by atoms with E-state index in [0.717, 1.165) is 13.1 Å². The molecular formula is C17H21N3. The van der Waals surface area contributed by atoms with Gasteiger partial charge in [-0.05, 0) is 29.8 Å². The molecular weight excluding hydrogens is 246 g/mol. The molecule has 2 aromatic carbocycles. The minimum Gasteiger partial charge on any atom is -0.378 e. The van der Waals surface area contributed by atoms with E-state index in [0.29, 0.717) is 0 Å². The second-order valence-corrected chi connectivity index (χ2v) is 5.37. The zero-order chi connectivity index (χ0) is 13.9. The normalized spacial score (nSPS) is 18.3. The fourth-order valence-electron chi connectivity index (χ4n) is 2.71. The quantitative estimate of drug-likeness (QED) is 0.922. The van der Waals surface area contributed by atoms with Crippen molar-refractivity contribution in [3.63, 3.8) is 0 Å². The lowest BCUT2D eigenvalue weighted by Gasteiger charge is -2.27. The third-order valence-corrected chi connectivity index (χ3v) is 3.82. The maximum Gasteiger partial charge on any atom is 0.106 e. The number of hydrogen-bond donors (Lipinski definition) is 1. The molecule has 1 heterocycles. The highest BCUT2D eigenvalue weighted by molar-refractivity contribution is 5.52. The summed E-state index contributed by atoms with van der Waals surface area (Å²) in [6.45, 7) is 2.07. The molecule has 0 radical (unpaired) electrons. The highest BCUT2D eigenvalue weighted by Gasteiger charge is 2.25. The number of nitrogens with one attached hydrogen (secondary N) is 1. The largest absolute Gasteiger partial charge is 0.378 e. The van der Waals surface area contributed by atoms with E-state index in [4.69, 9.17) is 0 Å². The van der Waals surface area contributed by atoms with Crippen LogP contribution in [-0.2, 0) is 0 Å². The van der Waals surface area contributed by atoms with Crippen LogP contribution in [0.15, 0.2) is 54.6 Å². The van der Waals surface area contributed by atoms with Crippen LogP contribution in [0.3, 0.4) is 0 Å². The van der Waals surface area contributed by atoms with Crippen molar-refractivity contribution in [3.8, 4) is 0 Å². The van der Waals surface area contributed by atoms with Crippen molar-refractivity contribution in [1.29, 1.82) is 0 Å². The molecule has 1 saturated heterocycles. The van der Waals surface area contributed by atoms with Crippen molar-refractivity contribution in [2.75, 3.05) is 37.0 Å². The van der Waals surface area contributed by atoms with Crippen molar-refractivity contribution in [3.05, 3.63) is 60.2 Å². The molecule has 1 aliphatic rings. The lowest BCUT2D eigenvalue weighted by atomic mass is 10.1. The van der Waals surface area contributed by atoms with Crippen LogP contribution in [0.1, 0.15) is 11.7 Å². The monoisotopic (exact) mass is 267 g/mol. The fourth-order valence-corrected chi connectivity index (χ4v) is 2.71. The Labute approximate surface area is 120 Å². The summed E-state index contributed by atoms with van der Waals surface area (Å²) in [5, 5.41) is 3.58. The van der Waals surface area contributed by atoms with E-state index in [1.165, 1.54) is 16.9 Å². The number of para-hydroxylation sites is 1. The first-order valence-corrected chi connectivity index (χ1v) is 7.08. The molecule has 0 amide bonds. The molecule has 0 aliphatic carbocycles. The van der Waals surface area contributed by atoms with Gasteiger partial charge in [-0.15, -0.1) is 0 Å². The zero-order valence-corrected chi connectivity index (χ0v) is 12.1. The number of rotatable bonds is 3. The molecule has 0 bridgehead atoms. The fraction of sp³-hybridized carbons (Fsp3) is 0.294. The first-order valence-electron chi connectivity index (χ1n) is 7.08. The van der Waals surface area contributed by atoms with Gasteiger partial charge in [0.2, 0.25) is 0 Å². The van der Waals surface area contributed by atoms with Gasteiger partial charge in [0.05, 0.1) is 0 Å². The number of anilines is 2. The van der Waals surface area contributed by atoms with E-state index >= 15 is 0 Å². The Morgan fingerprint density at radius 2 is 1.70 bits per heavy atom. The first kappa shape index (κ1) is 13.0. The van der Waals surface area contributed by atoms with Gasteiger partial charge >= 0.3 is 0 Å². The van der Waals surface area contributed by atoms with E-state index in [-0.39, 0.29) is 6.17 Å². The Morgan fingerprint density at radius 1 is 1.00 bits per heavy atom. The van der Waals surface area contributed by atoms with Crippen molar-refractivity contribution in [2.24, 2.45) is 0 Å². The second kappa shape index (κ2) is 5.55. The third kappa shape index (κ3) is 2.49. The first-order chi connectivity index (χ1) is 9.75. The van der Waals surface area contributed by atoms with Gasteiger partial charge in [0.1, 0.15) is 6.17 Å². The summed E-state index contributed by atoms with van der Waals surface area (Å²) in [6.07, 6.45) is 0.272. The van der Waals surface area contributed by atoms with Gasteiger partial charge in [-0.2, -0.15) is 0 Å². The maximum atomic E-state index is 3.58. The lowest BCUT2D eigenvalue weighted by molar-refractivity contribution is 0.644. The van der Waals surface area contributed by atoms with Crippen LogP contribution >= 0.6 is 0 Å². The predicted molar refractivity (Wildman–Crippen MR) is 85.3 cm³/mol. The van der Waals surface area contributed by atoms with Gasteiger partial charge in [0.15, 0.2) is 0 Å². The van der Waals surface area contributed by atoms with Gasteiger partial charge in [-0.1, -0.05) is 30.3 Å². The van der Waals surface area contributed by atoms with Gasteiger partial charge in [-0.25, -0.2) is 0 Å². The van der Waals surface area contributed by atoms with E-state index in [1.54, 1.807) is 0 Å². The van der Waals surface area contributed by atoms with Crippen LogP contribution in [0.25, 0.3) is 0 Å². The van der Waals surface area contributed by atoms with Gasteiger partial charge in [0, 0.05) is 38.6 Å². The van der Waals surface area contributed by atoms with Gasteiger partial charge in [-0.3, -0.25) is 5.32 Å². The molecule has 2 aromatic rings. The Morgan fingerprint density at radius 3 is 2.35 bits per heavy atom. The summed E-state index contributed by atoms with van der Waals surface area (Å²) in [4.78, 5) is 4.55. The van der Waals surface area contributed by atoms with Gasteiger partial charge in [0.25, 0.3) is 0 Å². The molecule has 1 aliphatic heterocycles. The van der Waals surface area contributed by atoms with Crippen LogP contribution < -0.4 is 15.1 Å². The van der Waals surface area contributed by atoms with Crippen molar-refractivity contribution in [1.82, 2.24) is 5.32 Å². The molecule has 1 unspecified atom stereocenters. The number of hydrogen-bond acceptors (Lipinski definition) is 3. The van der Waals surface area contributed by atoms with E-state index in [2.05, 4.69) is 83.8 Å². The van der Waals surface area contributed by atoms with E-state index in [1.807, 2.05) is 0 Å². The Kier molecular flexibility index (Phi) is 3.61. The molecule has 0 spiro atoms. The smallest absolute Gasteiger partial charge is 0.106 e. The molecule has 1 fully saturated rings. The minimum atomic E-state index is 0.272. The average molecular weight is 267 g/mol. The van der Waals surface area contributed by atoms with Crippen LogP contribution in [0.2, 0.25) is 0 Å². The van der Waals surface area contributed by atoms with Crippen LogP contribution in [0.4, 0.5) is 11.4 Å². The average Bonchev–Trinajstić information content (AvgIpc) is 2.97. The summed E-state index contributed by atoms with van der Waals surface area (Å²) in [7, 11) is 4.14. The molecule has 3 heteroatoms. The molecule has 0 aromatic heterocycles. The van der Waals surface area contributed by atoms with Gasteiger partial charge < -0.3 is 9.80 Å². The number of benzene rings is 2. The Balaban J connectivity index is 1.85. The molecule has 1 N–H and O–H groups in total. The molecule has 104 valence electrons. The summed E-state index contributed by atoms with van der Waals surface area (Å²) in [6, 6.07) is 19.4. The van der Waals surface area contributed by atoms with Crippen LogP contribution in [0.5, 0.6) is 0 Å². The summed E-state index contributed by atoms with van der Waals surface area (Å²) in [5.74, 6) is 0. The summed E-state index contributed by atoms with van der Waals surface area (Å²) >= 11 is 0. The maximum absolute atomic E-state index is 3.58. The molecule has 3 nitrogen and oxygen atoms in total. The standard InChI is InChI=1S/C17H21N3/c1-19(2)15-10-8-14(9-11-15)17-18-12-13-20(17)16-6-4-3-5-7-16/h3-11,17-18H,12-13H2,1-2H3. The Bertz CT molecular complexity index is 548. The van der Waals surface area contributed by atoms with Crippen LogP contribution in [0, 0.1) is 0 Å². The molecule has 0 saturated carbocycles. The Hall–Kier alpha value is -2.00. The van der Waals surface area contributed by atoms with Crippen molar-refractivity contribution >= 4 is 11.4 Å². The topological polar surface area (TPSA) is 18.5 Å². The van der Waals surface area contributed by atoms with E-state index < -0.39 is 0 Å². The molecule has 20 heavy (non-hydrogen) atoms. The predicted octanol–water partition coefficient (Wildman–Crippen LogP) is 2.86. The highest BCUT2D eigenvalue weighted by Crippen LogP contribution is 2.28. The van der Waals surface area contributed by atoms with Crippen LogP contribution in [-0.4, -0.2) is 27.2 Å². The molecule has 1 atom stereocenters. The van der Waals surface area contributed by atoms with Crippen molar-refractivity contribution in [2.45, 2.75) is 6.17 Å². The minimum absolute atomic E-state index is 0.272. The lowest BCUT2D eigenvalue weighted by Crippen LogP contribution is -2.27.